The quantitative estimate of drug-likeness (QED) is 0.666. The van der Waals surface area contributed by atoms with Crippen LogP contribution in [0.2, 0.25) is 0 Å². The summed E-state index contributed by atoms with van der Waals surface area (Å²) in [5.41, 5.74) is -0.363. The summed E-state index contributed by atoms with van der Waals surface area (Å²) in [7, 11) is 0. The number of rotatable bonds is 5. The monoisotopic (exact) mass is 282 g/mol. The Kier molecular flexibility index (Phi) is 3.94. The van der Waals surface area contributed by atoms with Crippen molar-refractivity contribution in [3.63, 3.8) is 0 Å². The Morgan fingerprint density at radius 1 is 1.55 bits per heavy atom. The van der Waals surface area contributed by atoms with Gasteiger partial charge >= 0.3 is 0 Å². The van der Waals surface area contributed by atoms with Gasteiger partial charge in [0.25, 0.3) is 5.69 Å². The summed E-state index contributed by atoms with van der Waals surface area (Å²) in [6.07, 6.45) is 0.708. The van der Waals surface area contributed by atoms with Gasteiger partial charge in [-0.3, -0.25) is 10.1 Å². The molecule has 0 bridgehead atoms. The van der Waals surface area contributed by atoms with Crippen molar-refractivity contribution >= 4 is 5.69 Å². The maximum absolute atomic E-state index is 13.8. The van der Waals surface area contributed by atoms with E-state index in [0.717, 1.165) is 19.0 Å². The Labute approximate surface area is 117 Å². The molecule has 0 aromatic heterocycles. The Balaban J connectivity index is 2.07. The first-order valence-electron chi connectivity index (χ1n) is 6.70. The molecule has 0 amide bonds. The van der Waals surface area contributed by atoms with Crippen LogP contribution in [0.5, 0.6) is 5.75 Å². The van der Waals surface area contributed by atoms with Crippen LogP contribution >= 0.6 is 0 Å². The molecule has 1 aromatic rings. The van der Waals surface area contributed by atoms with Crippen LogP contribution < -0.4 is 10.1 Å². The number of nitrogens with zero attached hydrogens (tertiary/aromatic N) is 1. The average molecular weight is 282 g/mol. The van der Waals surface area contributed by atoms with E-state index in [9.17, 15) is 14.5 Å². The van der Waals surface area contributed by atoms with Crippen LogP contribution in [0.1, 0.15) is 27.2 Å². The number of non-ortho nitro benzene ring substituents is 1. The van der Waals surface area contributed by atoms with Gasteiger partial charge in [-0.2, -0.15) is 0 Å². The molecule has 1 aliphatic carbocycles. The minimum absolute atomic E-state index is 0.0728. The second-order valence-corrected chi connectivity index (χ2v) is 5.65. The van der Waals surface area contributed by atoms with E-state index in [1.54, 1.807) is 0 Å². The van der Waals surface area contributed by atoms with Crippen LogP contribution in [0.3, 0.4) is 0 Å². The third-order valence-electron chi connectivity index (χ3n) is 4.02. The molecule has 6 heteroatoms. The summed E-state index contributed by atoms with van der Waals surface area (Å²) in [4.78, 5) is 9.94. The fraction of sp³-hybridized carbons (Fsp3) is 0.571. The zero-order chi connectivity index (χ0) is 14.9. The zero-order valence-corrected chi connectivity index (χ0v) is 11.9. The molecule has 0 saturated heterocycles. The first-order valence-corrected chi connectivity index (χ1v) is 6.70. The maximum atomic E-state index is 13.8. The van der Waals surface area contributed by atoms with E-state index in [-0.39, 0.29) is 23.0 Å². The van der Waals surface area contributed by atoms with Crippen molar-refractivity contribution in [1.29, 1.82) is 0 Å². The maximum Gasteiger partial charge on any atom is 0.272 e. The molecule has 2 unspecified atom stereocenters. The highest BCUT2D eigenvalue weighted by Gasteiger charge is 2.49. The van der Waals surface area contributed by atoms with Gasteiger partial charge in [-0.15, -0.1) is 0 Å². The molecule has 0 radical (unpaired) electrons. The van der Waals surface area contributed by atoms with Crippen LogP contribution in [-0.4, -0.2) is 23.6 Å². The molecule has 5 nitrogen and oxygen atoms in total. The second kappa shape index (κ2) is 5.36. The molecule has 1 fully saturated rings. The lowest BCUT2D eigenvalue weighted by atomic mass is 9.64. The Hall–Kier alpha value is -1.69. The smallest absolute Gasteiger partial charge is 0.272 e. The molecular weight excluding hydrogens is 263 g/mol. The highest BCUT2D eigenvalue weighted by molar-refractivity contribution is 5.38. The van der Waals surface area contributed by atoms with Crippen molar-refractivity contribution in [3.8, 4) is 5.75 Å². The molecule has 20 heavy (non-hydrogen) atoms. The van der Waals surface area contributed by atoms with Gasteiger partial charge in [0, 0.05) is 23.9 Å². The van der Waals surface area contributed by atoms with Crippen molar-refractivity contribution in [2.75, 3.05) is 6.54 Å². The minimum Gasteiger partial charge on any atom is -0.487 e. The number of nitrogens with one attached hydrogen (secondary N) is 1. The molecule has 1 saturated carbocycles. The van der Waals surface area contributed by atoms with Crippen molar-refractivity contribution in [2.24, 2.45) is 5.41 Å². The lowest BCUT2D eigenvalue weighted by Gasteiger charge is -2.51. The van der Waals surface area contributed by atoms with Crippen molar-refractivity contribution in [2.45, 2.75) is 39.3 Å². The number of ether oxygens (including phenoxy) is 1. The molecule has 1 aliphatic rings. The molecule has 0 spiro atoms. The molecular formula is C14H19FN2O3. The van der Waals surface area contributed by atoms with E-state index >= 15 is 0 Å². The zero-order valence-electron chi connectivity index (χ0n) is 11.9. The standard InChI is InChI=1S/C14H19FN2O3/c1-4-16-12-8-13(14(12,2)3)20-11-6-5-9(17(18)19)7-10(11)15/h5-7,12-13,16H,4,8H2,1-3H3. The normalized spacial score (nSPS) is 24.0. The first-order chi connectivity index (χ1) is 9.36. The summed E-state index contributed by atoms with van der Waals surface area (Å²) in [6, 6.07) is 3.82. The summed E-state index contributed by atoms with van der Waals surface area (Å²) in [6.45, 7) is 7.06. The highest BCUT2D eigenvalue weighted by Crippen LogP contribution is 2.43. The number of halogens is 1. The van der Waals surface area contributed by atoms with E-state index in [1.807, 2.05) is 6.92 Å². The predicted molar refractivity (Wildman–Crippen MR) is 73.3 cm³/mol. The van der Waals surface area contributed by atoms with Gasteiger partial charge in [0.05, 0.1) is 11.0 Å². The van der Waals surface area contributed by atoms with Crippen LogP contribution in [0.15, 0.2) is 18.2 Å². The Bertz CT molecular complexity index is 519. The molecule has 2 atom stereocenters. The SMILES string of the molecule is CCNC1CC(Oc2ccc([N+](=O)[O-])cc2F)C1(C)C. The van der Waals surface area contributed by atoms with E-state index in [1.165, 1.54) is 12.1 Å². The van der Waals surface area contributed by atoms with Crippen LogP contribution in [0.25, 0.3) is 0 Å². The highest BCUT2D eigenvalue weighted by atomic mass is 19.1. The molecule has 1 N–H and O–H groups in total. The van der Waals surface area contributed by atoms with Crippen molar-refractivity contribution in [3.05, 3.63) is 34.1 Å². The molecule has 0 aliphatic heterocycles. The van der Waals surface area contributed by atoms with Crippen LogP contribution in [0, 0.1) is 21.3 Å². The number of nitro benzene ring substituents is 1. The van der Waals surface area contributed by atoms with Gasteiger partial charge in [-0.25, -0.2) is 4.39 Å². The average Bonchev–Trinajstić information content (AvgIpc) is 2.39. The van der Waals surface area contributed by atoms with Gasteiger partial charge in [-0.05, 0) is 12.6 Å². The van der Waals surface area contributed by atoms with Crippen molar-refractivity contribution in [1.82, 2.24) is 5.32 Å². The van der Waals surface area contributed by atoms with Gasteiger partial charge in [0.15, 0.2) is 11.6 Å². The van der Waals surface area contributed by atoms with Crippen molar-refractivity contribution < 1.29 is 14.1 Å². The molecule has 1 aromatic carbocycles. The molecule has 2 rings (SSSR count). The van der Waals surface area contributed by atoms with E-state index in [2.05, 4.69) is 19.2 Å². The fourth-order valence-electron chi connectivity index (χ4n) is 2.53. The summed E-state index contributed by atoms with van der Waals surface area (Å²) in [5, 5.41) is 13.9. The molecule has 0 heterocycles. The van der Waals surface area contributed by atoms with Gasteiger partial charge in [0.1, 0.15) is 6.10 Å². The summed E-state index contributed by atoms with van der Waals surface area (Å²) in [5.74, 6) is -0.620. The Morgan fingerprint density at radius 3 is 2.75 bits per heavy atom. The lowest BCUT2D eigenvalue weighted by Crippen LogP contribution is -2.62. The van der Waals surface area contributed by atoms with Crippen LogP contribution in [-0.2, 0) is 0 Å². The lowest BCUT2D eigenvalue weighted by molar-refractivity contribution is -0.385. The number of nitro groups is 1. The minimum atomic E-state index is -0.693. The van der Waals surface area contributed by atoms with Gasteiger partial charge in [-0.1, -0.05) is 20.8 Å². The second-order valence-electron chi connectivity index (χ2n) is 5.65. The largest absolute Gasteiger partial charge is 0.487 e. The summed E-state index contributed by atoms with van der Waals surface area (Å²) >= 11 is 0. The third-order valence-corrected chi connectivity index (χ3v) is 4.02. The number of hydrogen-bond acceptors (Lipinski definition) is 4. The number of hydrogen-bond donors (Lipinski definition) is 1. The van der Waals surface area contributed by atoms with Crippen LogP contribution in [0.4, 0.5) is 10.1 Å². The van der Waals surface area contributed by atoms with Gasteiger partial charge < -0.3 is 10.1 Å². The van der Waals surface area contributed by atoms with E-state index < -0.39 is 10.7 Å². The predicted octanol–water partition coefficient (Wildman–Crippen LogP) is 2.89. The first kappa shape index (κ1) is 14.7. The third kappa shape index (κ3) is 2.60. The van der Waals surface area contributed by atoms with E-state index in [0.29, 0.717) is 6.04 Å². The van der Waals surface area contributed by atoms with E-state index in [4.69, 9.17) is 4.74 Å². The number of benzene rings is 1. The molecule has 110 valence electrons. The summed E-state index contributed by atoms with van der Waals surface area (Å²) < 4.78 is 19.5. The Morgan fingerprint density at radius 2 is 2.25 bits per heavy atom. The fourth-order valence-corrected chi connectivity index (χ4v) is 2.53. The van der Waals surface area contributed by atoms with Gasteiger partial charge in [0.2, 0.25) is 0 Å². The topological polar surface area (TPSA) is 64.4 Å².